The third kappa shape index (κ3) is 4.05. The van der Waals surface area contributed by atoms with Crippen LogP contribution in [0.5, 0.6) is 5.75 Å². The minimum Gasteiger partial charge on any atom is -0.491 e. The molecule has 0 N–H and O–H groups in total. The van der Waals surface area contributed by atoms with E-state index in [0.29, 0.717) is 24.9 Å². The Balaban J connectivity index is 1.48. The average molecular weight is 304 g/mol. The van der Waals surface area contributed by atoms with Crippen molar-refractivity contribution < 1.29 is 18.7 Å². The van der Waals surface area contributed by atoms with Gasteiger partial charge in [-0.25, -0.2) is 0 Å². The van der Waals surface area contributed by atoms with Crippen LogP contribution in [0.25, 0.3) is 11.4 Å². The third-order valence-corrected chi connectivity index (χ3v) is 3.41. The number of nitrogens with zero attached hydrogens (tertiary/aromatic N) is 2. The molecule has 0 amide bonds. The lowest BCUT2D eigenvalue weighted by molar-refractivity contribution is -0.165. The zero-order chi connectivity index (χ0) is 15.2. The maximum absolute atomic E-state index is 5.70. The molecule has 1 aliphatic rings. The Kier molecular flexibility index (Phi) is 5.03. The van der Waals surface area contributed by atoms with Gasteiger partial charge in [0.15, 0.2) is 6.29 Å². The molecule has 0 bridgehead atoms. The predicted octanol–water partition coefficient (Wildman–Crippen LogP) is 2.97. The maximum Gasteiger partial charge on any atom is 0.223 e. The number of hydrogen-bond donors (Lipinski definition) is 0. The lowest BCUT2D eigenvalue weighted by atomic mass is 10.2. The summed E-state index contributed by atoms with van der Waals surface area (Å²) >= 11 is 0. The van der Waals surface area contributed by atoms with E-state index in [-0.39, 0.29) is 6.29 Å². The van der Waals surface area contributed by atoms with E-state index in [4.69, 9.17) is 18.7 Å². The zero-order valence-electron chi connectivity index (χ0n) is 12.7. The average Bonchev–Trinajstić information content (AvgIpc) is 3.00. The van der Waals surface area contributed by atoms with Gasteiger partial charge in [0.1, 0.15) is 12.4 Å². The van der Waals surface area contributed by atoms with Gasteiger partial charge in [-0.2, -0.15) is 4.98 Å². The standard InChI is InChI=1S/C16H20N2O4/c1-12-17-16(18-22-12)13-5-4-6-14(11-13)19-9-10-21-15-7-2-3-8-20-15/h4-6,11,15H,2-3,7-10H2,1H3/t15-/m1/s1. The van der Waals surface area contributed by atoms with E-state index in [0.717, 1.165) is 37.2 Å². The number of hydrogen-bond acceptors (Lipinski definition) is 6. The second-order valence-electron chi connectivity index (χ2n) is 5.18. The summed E-state index contributed by atoms with van der Waals surface area (Å²) in [6.07, 6.45) is 3.18. The van der Waals surface area contributed by atoms with E-state index in [9.17, 15) is 0 Å². The van der Waals surface area contributed by atoms with Gasteiger partial charge in [0.2, 0.25) is 11.7 Å². The van der Waals surface area contributed by atoms with E-state index in [1.807, 2.05) is 24.3 Å². The first-order valence-corrected chi connectivity index (χ1v) is 7.58. The van der Waals surface area contributed by atoms with E-state index in [2.05, 4.69) is 10.1 Å². The molecule has 22 heavy (non-hydrogen) atoms. The van der Waals surface area contributed by atoms with Gasteiger partial charge in [0, 0.05) is 19.1 Å². The normalized spacial score (nSPS) is 18.3. The van der Waals surface area contributed by atoms with Gasteiger partial charge in [-0.15, -0.1) is 0 Å². The van der Waals surface area contributed by atoms with E-state index < -0.39 is 0 Å². The van der Waals surface area contributed by atoms with Crippen molar-refractivity contribution in [3.05, 3.63) is 30.2 Å². The molecule has 6 heteroatoms. The van der Waals surface area contributed by atoms with Crippen molar-refractivity contribution in [2.75, 3.05) is 19.8 Å². The minimum absolute atomic E-state index is 0.0778. The summed E-state index contributed by atoms with van der Waals surface area (Å²) in [5, 5.41) is 3.90. The molecule has 0 aliphatic carbocycles. The summed E-state index contributed by atoms with van der Waals surface area (Å²) in [4.78, 5) is 4.21. The zero-order valence-corrected chi connectivity index (χ0v) is 12.7. The highest BCUT2D eigenvalue weighted by atomic mass is 16.7. The van der Waals surface area contributed by atoms with Crippen LogP contribution < -0.4 is 4.74 Å². The lowest BCUT2D eigenvalue weighted by Gasteiger charge is -2.22. The maximum atomic E-state index is 5.70. The summed E-state index contributed by atoms with van der Waals surface area (Å²) in [7, 11) is 0. The molecule has 6 nitrogen and oxygen atoms in total. The van der Waals surface area contributed by atoms with E-state index in [1.54, 1.807) is 6.92 Å². The van der Waals surface area contributed by atoms with Gasteiger partial charge in [0.05, 0.1) is 6.61 Å². The van der Waals surface area contributed by atoms with Crippen molar-refractivity contribution in [1.82, 2.24) is 10.1 Å². The van der Waals surface area contributed by atoms with Gasteiger partial charge in [-0.1, -0.05) is 17.3 Å². The molecule has 0 unspecified atom stereocenters. The Bertz CT molecular complexity index is 593. The predicted molar refractivity (Wildman–Crippen MR) is 79.5 cm³/mol. The Morgan fingerprint density at radius 2 is 2.23 bits per heavy atom. The number of aromatic nitrogens is 2. The van der Waals surface area contributed by atoms with Crippen molar-refractivity contribution in [3.8, 4) is 17.1 Å². The molecular weight excluding hydrogens is 284 g/mol. The summed E-state index contributed by atoms with van der Waals surface area (Å²) in [6.45, 7) is 3.55. The number of ether oxygens (including phenoxy) is 3. The molecule has 0 saturated carbocycles. The Labute approximate surface area is 129 Å². The fourth-order valence-electron chi connectivity index (χ4n) is 2.32. The highest BCUT2D eigenvalue weighted by molar-refractivity contribution is 5.56. The van der Waals surface area contributed by atoms with Gasteiger partial charge in [-0.05, 0) is 31.4 Å². The minimum atomic E-state index is -0.0778. The van der Waals surface area contributed by atoms with Gasteiger partial charge >= 0.3 is 0 Å². The molecule has 1 aromatic carbocycles. The third-order valence-electron chi connectivity index (χ3n) is 3.41. The smallest absolute Gasteiger partial charge is 0.223 e. The number of rotatable bonds is 6. The molecule has 2 heterocycles. The number of benzene rings is 1. The Morgan fingerprint density at radius 3 is 3.00 bits per heavy atom. The van der Waals surface area contributed by atoms with Crippen LogP contribution in [0.2, 0.25) is 0 Å². The Morgan fingerprint density at radius 1 is 1.27 bits per heavy atom. The van der Waals surface area contributed by atoms with Crippen LogP contribution in [-0.2, 0) is 9.47 Å². The first-order chi connectivity index (χ1) is 10.8. The fourth-order valence-corrected chi connectivity index (χ4v) is 2.32. The van der Waals surface area contributed by atoms with Gasteiger partial charge in [0.25, 0.3) is 0 Å². The second kappa shape index (κ2) is 7.38. The van der Waals surface area contributed by atoms with Crippen LogP contribution in [0.4, 0.5) is 0 Å². The highest BCUT2D eigenvalue weighted by Crippen LogP contribution is 2.21. The first-order valence-electron chi connectivity index (χ1n) is 7.58. The van der Waals surface area contributed by atoms with E-state index in [1.165, 1.54) is 0 Å². The van der Waals surface area contributed by atoms with Crippen molar-refractivity contribution in [1.29, 1.82) is 0 Å². The highest BCUT2D eigenvalue weighted by Gasteiger charge is 2.13. The van der Waals surface area contributed by atoms with Gasteiger partial charge < -0.3 is 18.7 Å². The van der Waals surface area contributed by atoms with Crippen LogP contribution in [0.1, 0.15) is 25.2 Å². The summed E-state index contributed by atoms with van der Waals surface area (Å²) < 4.78 is 21.8. The molecule has 1 saturated heterocycles. The van der Waals surface area contributed by atoms with Crippen LogP contribution in [-0.4, -0.2) is 36.3 Å². The SMILES string of the molecule is Cc1nc(-c2cccc(OCCO[C@@H]3CCCCO3)c2)no1. The van der Waals surface area contributed by atoms with Gasteiger partial charge in [-0.3, -0.25) is 0 Å². The summed E-state index contributed by atoms with van der Waals surface area (Å²) in [5.41, 5.74) is 0.867. The van der Waals surface area contributed by atoms with Crippen LogP contribution in [0, 0.1) is 6.92 Å². The van der Waals surface area contributed by atoms with Crippen molar-refractivity contribution in [3.63, 3.8) is 0 Å². The van der Waals surface area contributed by atoms with Crippen LogP contribution >= 0.6 is 0 Å². The number of aryl methyl sites for hydroxylation is 1. The van der Waals surface area contributed by atoms with Crippen molar-refractivity contribution in [2.24, 2.45) is 0 Å². The largest absolute Gasteiger partial charge is 0.491 e. The second-order valence-corrected chi connectivity index (χ2v) is 5.18. The summed E-state index contributed by atoms with van der Waals surface area (Å²) in [6, 6.07) is 7.61. The monoisotopic (exact) mass is 304 g/mol. The van der Waals surface area contributed by atoms with Crippen molar-refractivity contribution >= 4 is 0 Å². The van der Waals surface area contributed by atoms with Crippen LogP contribution in [0.15, 0.2) is 28.8 Å². The molecule has 2 aromatic rings. The molecule has 0 spiro atoms. The Hall–Kier alpha value is -1.92. The van der Waals surface area contributed by atoms with E-state index >= 15 is 0 Å². The molecular formula is C16H20N2O4. The molecule has 1 fully saturated rings. The fraction of sp³-hybridized carbons (Fsp3) is 0.500. The lowest BCUT2D eigenvalue weighted by Crippen LogP contribution is -2.24. The van der Waals surface area contributed by atoms with Crippen LogP contribution in [0.3, 0.4) is 0 Å². The molecule has 0 radical (unpaired) electrons. The topological polar surface area (TPSA) is 66.6 Å². The molecule has 118 valence electrons. The molecule has 1 aliphatic heterocycles. The summed E-state index contributed by atoms with van der Waals surface area (Å²) in [5.74, 6) is 1.87. The quantitative estimate of drug-likeness (QED) is 0.764. The molecule has 3 rings (SSSR count). The van der Waals surface area contributed by atoms with Crippen molar-refractivity contribution in [2.45, 2.75) is 32.5 Å². The molecule has 1 aromatic heterocycles. The molecule has 1 atom stereocenters. The first kappa shape index (κ1) is 15.0.